The lowest BCUT2D eigenvalue weighted by Crippen LogP contribution is -2.25. The van der Waals surface area contributed by atoms with Crippen molar-refractivity contribution in [2.24, 2.45) is 0 Å². The number of aromatic nitrogens is 2. The van der Waals surface area contributed by atoms with Crippen LogP contribution >= 0.6 is 0 Å². The van der Waals surface area contributed by atoms with Crippen molar-refractivity contribution < 1.29 is 13.2 Å². The number of benzene rings is 3. The number of para-hydroxylation sites is 1. The lowest BCUT2D eigenvalue weighted by molar-refractivity contribution is 0.0952. The van der Waals surface area contributed by atoms with Crippen molar-refractivity contribution in [2.45, 2.75) is 18.4 Å². The van der Waals surface area contributed by atoms with Crippen molar-refractivity contribution >= 4 is 21.6 Å². The van der Waals surface area contributed by atoms with Gasteiger partial charge in [-0.2, -0.15) is 0 Å². The second-order valence-corrected chi connectivity index (χ2v) is 8.97. The number of nitrogens with one attached hydrogen (secondary N) is 2. The Hall–Kier alpha value is -3.91. The maximum atomic E-state index is 12.8. The van der Waals surface area contributed by atoms with E-state index in [1.807, 2.05) is 42.0 Å². The van der Waals surface area contributed by atoms with Crippen molar-refractivity contribution in [3.8, 4) is 5.69 Å². The summed E-state index contributed by atoms with van der Waals surface area (Å²) in [5.74, 6) is -0.370. The molecule has 1 amide bonds. The molecule has 2 N–H and O–H groups in total. The van der Waals surface area contributed by atoms with Crippen molar-refractivity contribution in [1.29, 1.82) is 0 Å². The van der Waals surface area contributed by atoms with E-state index in [4.69, 9.17) is 0 Å². The normalized spacial score (nSPS) is 11.2. The molecule has 0 aliphatic rings. The molecule has 32 heavy (non-hydrogen) atoms. The van der Waals surface area contributed by atoms with Crippen LogP contribution in [0.5, 0.6) is 0 Å². The molecule has 7 nitrogen and oxygen atoms in total. The highest BCUT2D eigenvalue weighted by Gasteiger charge is 2.18. The second kappa shape index (κ2) is 9.07. The number of rotatable bonds is 7. The van der Waals surface area contributed by atoms with Gasteiger partial charge in [-0.25, -0.2) is 13.4 Å². The number of hydrogen-bond donors (Lipinski definition) is 2. The van der Waals surface area contributed by atoms with Gasteiger partial charge < -0.3 is 9.88 Å². The summed E-state index contributed by atoms with van der Waals surface area (Å²) in [6.07, 6.45) is 5.27. The highest BCUT2D eigenvalue weighted by atomic mass is 32.2. The summed E-state index contributed by atoms with van der Waals surface area (Å²) in [7, 11) is -3.82. The Morgan fingerprint density at radius 3 is 2.38 bits per heavy atom. The zero-order valence-corrected chi connectivity index (χ0v) is 18.2. The molecule has 0 saturated carbocycles. The Bertz CT molecular complexity index is 1310. The number of anilines is 1. The van der Waals surface area contributed by atoms with E-state index in [9.17, 15) is 13.2 Å². The van der Waals surface area contributed by atoms with Crippen molar-refractivity contribution in [2.75, 3.05) is 4.72 Å². The van der Waals surface area contributed by atoms with Crippen LogP contribution in [0.2, 0.25) is 0 Å². The van der Waals surface area contributed by atoms with Gasteiger partial charge in [0.25, 0.3) is 15.9 Å². The maximum Gasteiger partial charge on any atom is 0.261 e. The molecule has 0 saturated heterocycles. The third kappa shape index (κ3) is 4.87. The quantitative estimate of drug-likeness (QED) is 0.450. The van der Waals surface area contributed by atoms with Crippen molar-refractivity contribution in [3.05, 3.63) is 108 Å². The molecule has 0 unspecified atom stereocenters. The van der Waals surface area contributed by atoms with E-state index in [0.29, 0.717) is 6.54 Å². The largest absolute Gasteiger partial charge is 0.348 e. The molecule has 4 aromatic rings. The molecule has 1 heterocycles. The van der Waals surface area contributed by atoms with E-state index in [1.54, 1.807) is 48.9 Å². The summed E-state index contributed by atoms with van der Waals surface area (Å²) < 4.78 is 29.9. The molecular formula is C24H22N4O3S. The molecule has 0 aliphatic heterocycles. The highest BCUT2D eigenvalue weighted by Crippen LogP contribution is 2.21. The number of nitrogens with zero attached hydrogens (tertiary/aromatic N) is 2. The molecule has 4 rings (SSSR count). The van der Waals surface area contributed by atoms with Crippen molar-refractivity contribution in [1.82, 2.24) is 14.9 Å². The van der Waals surface area contributed by atoms with Gasteiger partial charge in [0.1, 0.15) is 0 Å². The van der Waals surface area contributed by atoms with Crippen LogP contribution in [0.1, 0.15) is 21.5 Å². The van der Waals surface area contributed by atoms with Gasteiger partial charge in [0.2, 0.25) is 0 Å². The van der Waals surface area contributed by atoms with Gasteiger partial charge in [-0.1, -0.05) is 42.0 Å². The molecule has 3 aromatic carbocycles. The third-order valence-electron chi connectivity index (χ3n) is 4.94. The Morgan fingerprint density at radius 2 is 1.69 bits per heavy atom. The van der Waals surface area contributed by atoms with E-state index in [1.165, 1.54) is 12.1 Å². The highest BCUT2D eigenvalue weighted by molar-refractivity contribution is 7.92. The Labute approximate surface area is 186 Å². The minimum Gasteiger partial charge on any atom is -0.348 e. The van der Waals surface area contributed by atoms with Gasteiger partial charge in [0.15, 0.2) is 0 Å². The summed E-state index contributed by atoms with van der Waals surface area (Å²) in [5.41, 5.74) is 3.31. The summed E-state index contributed by atoms with van der Waals surface area (Å²) in [6, 6.07) is 20.8. The summed E-state index contributed by atoms with van der Waals surface area (Å²) in [4.78, 5) is 17.0. The Kier molecular flexibility index (Phi) is 6.04. The molecule has 0 atom stereocenters. The number of hydrogen-bond acceptors (Lipinski definition) is 4. The van der Waals surface area contributed by atoms with Gasteiger partial charge in [-0.15, -0.1) is 0 Å². The van der Waals surface area contributed by atoms with Gasteiger partial charge in [-0.05, 0) is 48.9 Å². The molecular weight excluding hydrogens is 424 g/mol. The minimum atomic E-state index is -3.82. The van der Waals surface area contributed by atoms with Crippen LogP contribution in [-0.4, -0.2) is 23.9 Å². The molecule has 0 fully saturated rings. The van der Waals surface area contributed by atoms with E-state index in [-0.39, 0.29) is 22.1 Å². The van der Waals surface area contributed by atoms with Crippen LogP contribution < -0.4 is 10.0 Å². The molecule has 0 bridgehead atoms. The number of amides is 1. The number of aryl methyl sites for hydroxylation is 1. The fourth-order valence-electron chi connectivity index (χ4n) is 3.17. The molecule has 162 valence electrons. The van der Waals surface area contributed by atoms with Crippen LogP contribution in [0.15, 0.2) is 96.4 Å². The molecule has 0 spiro atoms. The molecule has 1 aromatic heterocycles. The first-order chi connectivity index (χ1) is 15.4. The third-order valence-corrected chi connectivity index (χ3v) is 6.32. The maximum absolute atomic E-state index is 12.8. The van der Waals surface area contributed by atoms with Crippen LogP contribution in [0.25, 0.3) is 5.69 Å². The lowest BCUT2D eigenvalue weighted by atomic mass is 10.1. The zero-order chi connectivity index (χ0) is 22.6. The minimum absolute atomic E-state index is 0.135. The van der Waals surface area contributed by atoms with Crippen LogP contribution in [-0.2, 0) is 16.6 Å². The van der Waals surface area contributed by atoms with Crippen LogP contribution in [0.4, 0.5) is 5.69 Å². The van der Waals surface area contributed by atoms with E-state index in [2.05, 4.69) is 15.0 Å². The van der Waals surface area contributed by atoms with Gasteiger partial charge >= 0.3 is 0 Å². The smallest absolute Gasteiger partial charge is 0.261 e. The van der Waals surface area contributed by atoms with Gasteiger partial charge in [0, 0.05) is 24.6 Å². The fraction of sp³-hybridized carbons (Fsp3) is 0.0833. The SMILES string of the molecule is Cc1ccc(S(=O)(=O)Nc2ccccc2C(=O)NCc2ccc(-n3ccnc3)cc2)cc1. The zero-order valence-electron chi connectivity index (χ0n) is 17.4. The molecule has 8 heteroatoms. The van der Waals surface area contributed by atoms with Gasteiger partial charge in [0.05, 0.1) is 22.5 Å². The predicted octanol–water partition coefficient (Wildman–Crippen LogP) is 3.91. The Balaban J connectivity index is 1.46. The first-order valence-corrected chi connectivity index (χ1v) is 11.4. The Morgan fingerprint density at radius 1 is 0.969 bits per heavy atom. The first kappa shape index (κ1) is 21.3. The summed E-state index contributed by atoms with van der Waals surface area (Å²) >= 11 is 0. The number of carbonyl (C=O) groups excluding carboxylic acids is 1. The topological polar surface area (TPSA) is 93.1 Å². The average Bonchev–Trinajstić information content (AvgIpc) is 3.33. The van der Waals surface area contributed by atoms with E-state index >= 15 is 0 Å². The monoisotopic (exact) mass is 446 g/mol. The standard InChI is InChI=1S/C24H22N4O3S/c1-18-6-12-21(13-7-18)32(30,31)27-23-5-3-2-4-22(23)24(29)26-16-19-8-10-20(11-9-19)28-15-14-25-17-28/h2-15,17,27H,16H2,1H3,(H,26,29). The van der Waals surface area contributed by atoms with E-state index in [0.717, 1.165) is 16.8 Å². The number of sulfonamides is 1. The first-order valence-electron chi connectivity index (χ1n) is 9.96. The van der Waals surface area contributed by atoms with Crippen molar-refractivity contribution in [3.63, 3.8) is 0 Å². The lowest BCUT2D eigenvalue weighted by Gasteiger charge is -2.13. The number of imidazole rings is 1. The summed E-state index contributed by atoms with van der Waals surface area (Å²) in [5, 5.41) is 2.85. The second-order valence-electron chi connectivity index (χ2n) is 7.28. The summed E-state index contributed by atoms with van der Waals surface area (Å²) in [6.45, 7) is 2.19. The molecule has 0 aliphatic carbocycles. The van der Waals surface area contributed by atoms with Crippen LogP contribution in [0.3, 0.4) is 0 Å². The fourth-order valence-corrected chi connectivity index (χ4v) is 4.25. The number of carbonyl (C=O) groups is 1. The van der Waals surface area contributed by atoms with E-state index < -0.39 is 10.0 Å². The predicted molar refractivity (Wildman–Crippen MR) is 123 cm³/mol. The average molecular weight is 447 g/mol. The van der Waals surface area contributed by atoms with Crippen LogP contribution in [0, 0.1) is 6.92 Å². The molecule has 0 radical (unpaired) electrons. The van der Waals surface area contributed by atoms with Gasteiger partial charge in [-0.3, -0.25) is 9.52 Å².